The lowest BCUT2D eigenvalue weighted by Gasteiger charge is -2.55. The average Bonchev–Trinajstić information content (AvgIpc) is 2.97. The summed E-state index contributed by atoms with van der Waals surface area (Å²) in [5.41, 5.74) is 1.95. The first-order valence-corrected chi connectivity index (χ1v) is 17.1. The summed E-state index contributed by atoms with van der Waals surface area (Å²) in [6.07, 6.45) is 13.2. The van der Waals surface area contributed by atoms with Crippen molar-refractivity contribution in [1.82, 2.24) is 19.4 Å². The molecular weight excluding hydrogens is 554 g/mol. The zero-order valence-electron chi connectivity index (χ0n) is 26.9. The van der Waals surface area contributed by atoms with Crippen molar-refractivity contribution in [2.75, 3.05) is 27.2 Å². The zero-order chi connectivity index (χ0) is 30.8. The molecule has 4 fully saturated rings. The molecule has 2 saturated carbocycles. The van der Waals surface area contributed by atoms with Gasteiger partial charge in [-0.05, 0) is 108 Å². The molecule has 2 aromatic rings. The number of hydrogen-bond donors (Lipinski definition) is 1. The number of aliphatic carboxylic acids is 1. The van der Waals surface area contributed by atoms with Gasteiger partial charge in [0.25, 0.3) is 5.56 Å². The number of carboxylic acid groups (broad SMARTS) is 1. The lowest BCUT2D eigenvalue weighted by molar-refractivity contribution is -0.136. The molecule has 1 aromatic heterocycles. The summed E-state index contributed by atoms with van der Waals surface area (Å²) >= 11 is 0. The maximum Gasteiger partial charge on any atom is 0.303 e. The third-order valence-corrected chi connectivity index (χ3v) is 10.8. The molecule has 0 amide bonds. The van der Waals surface area contributed by atoms with Gasteiger partial charge in [-0.15, -0.1) is 0 Å². The number of para-hydroxylation sites is 2. The molecule has 4 aliphatic rings. The highest BCUT2D eigenvalue weighted by atomic mass is 16.6. The molecule has 9 heteroatoms. The maximum absolute atomic E-state index is 14.4. The van der Waals surface area contributed by atoms with E-state index in [9.17, 15) is 14.7 Å². The van der Waals surface area contributed by atoms with E-state index in [1.54, 1.807) is 0 Å². The number of carboxylic acids is 1. The van der Waals surface area contributed by atoms with E-state index >= 15 is 0 Å². The Morgan fingerprint density at radius 2 is 1.68 bits per heavy atom. The summed E-state index contributed by atoms with van der Waals surface area (Å²) in [6, 6.07) is 9.62. The first kappa shape index (κ1) is 31.2. The molecule has 240 valence electrons. The lowest BCUT2D eigenvalue weighted by Crippen LogP contribution is -2.59. The Morgan fingerprint density at radius 1 is 0.977 bits per heavy atom. The Kier molecular flexibility index (Phi) is 9.71. The molecule has 6 rings (SSSR count). The van der Waals surface area contributed by atoms with Crippen LogP contribution in [0.1, 0.15) is 102 Å². The van der Waals surface area contributed by atoms with Gasteiger partial charge in [-0.2, -0.15) is 0 Å². The van der Waals surface area contributed by atoms with E-state index < -0.39 is 5.97 Å². The molecule has 4 unspecified atom stereocenters. The molecule has 4 bridgehead atoms. The van der Waals surface area contributed by atoms with Crippen LogP contribution in [-0.2, 0) is 9.63 Å². The summed E-state index contributed by atoms with van der Waals surface area (Å²) in [5.74, 6) is 1.69. The summed E-state index contributed by atoms with van der Waals surface area (Å²) in [5, 5.41) is 13.8. The first-order chi connectivity index (χ1) is 21.3. The van der Waals surface area contributed by atoms with Gasteiger partial charge < -0.3 is 19.4 Å². The van der Waals surface area contributed by atoms with Crippen molar-refractivity contribution >= 4 is 22.7 Å². The molecule has 4 atom stereocenters. The first-order valence-electron chi connectivity index (χ1n) is 17.1. The fourth-order valence-electron chi connectivity index (χ4n) is 9.29. The van der Waals surface area contributed by atoms with Crippen LogP contribution in [0.25, 0.3) is 11.0 Å². The summed E-state index contributed by atoms with van der Waals surface area (Å²) in [7, 11) is 4.00. The number of oxime groups is 1. The van der Waals surface area contributed by atoms with Crippen molar-refractivity contribution in [3.8, 4) is 0 Å². The normalized spacial score (nSPS) is 30.9. The Balaban J connectivity index is 1.30. The minimum absolute atomic E-state index is 0.0746. The third-order valence-electron chi connectivity index (χ3n) is 10.8. The molecule has 0 spiro atoms. The standard InChI is InChI=1S/C35H51N5O4/c1-23-16-24-18-25(17-23)20-28(19-24)39-26-8-6-9-27(39)22-29(21-26)40-32-11-5-4-10-30(32)36-34(35(40)43)31(12-13-33(41)42)37-44-15-7-14-38(2)3/h4-5,10-11,23-29H,6-9,12-22H2,1-3H3,(H,41,42)/b37-31+. The monoisotopic (exact) mass is 605 g/mol. The quantitative estimate of drug-likeness (QED) is 0.199. The molecular formula is C35H51N5O4. The number of fused-ring (bicyclic) bond motifs is 5. The molecule has 2 aliphatic carbocycles. The zero-order valence-corrected chi connectivity index (χ0v) is 26.9. The minimum Gasteiger partial charge on any atom is -0.481 e. The fraction of sp³-hybridized carbons (Fsp3) is 0.714. The summed E-state index contributed by atoms with van der Waals surface area (Å²) in [4.78, 5) is 41.4. The number of piperidine rings is 2. The van der Waals surface area contributed by atoms with Crippen molar-refractivity contribution in [3.05, 3.63) is 40.3 Å². The van der Waals surface area contributed by atoms with Crippen molar-refractivity contribution in [3.63, 3.8) is 0 Å². The lowest BCUT2D eigenvalue weighted by atomic mass is 9.65. The van der Waals surface area contributed by atoms with Gasteiger partial charge in [0.15, 0.2) is 5.69 Å². The second-order valence-corrected chi connectivity index (χ2v) is 14.5. The number of benzene rings is 1. The van der Waals surface area contributed by atoms with Gasteiger partial charge >= 0.3 is 5.97 Å². The van der Waals surface area contributed by atoms with Crippen LogP contribution in [0.4, 0.5) is 0 Å². The number of hydrogen-bond acceptors (Lipinski definition) is 7. The van der Waals surface area contributed by atoms with Crippen LogP contribution in [0.5, 0.6) is 0 Å². The summed E-state index contributed by atoms with van der Waals surface area (Å²) < 4.78 is 1.99. The summed E-state index contributed by atoms with van der Waals surface area (Å²) in [6.45, 7) is 3.68. The molecule has 44 heavy (non-hydrogen) atoms. The van der Waals surface area contributed by atoms with Gasteiger partial charge in [-0.3, -0.25) is 14.5 Å². The van der Waals surface area contributed by atoms with E-state index in [1.807, 2.05) is 42.9 Å². The second kappa shape index (κ2) is 13.7. The SMILES string of the molecule is CC1CC2CC(C1)CC(N1C3CCCC1CC(n1c(=O)c(/C(CCC(=O)O)=N/OCCCN(C)C)nc4ccccc41)C3)C2. The average molecular weight is 606 g/mol. The molecule has 9 nitrogen and oxygen atoms in total. The van der Waals surface area contributed by atoms with Gasteiger partial charge in [0, 0.05) is 37.1 Å². The van der Waals surface area contributed by atoms with Crippen molar-refractivity contribution < 1.29 is 14.7 Å². The van der Waals surface area contributed by atoms with Crippen LogP contribution in [-0.4, -0.2) is 81.5 Å². The molecule has 1 aromatic carbocycles. The number of carbonyl (C=O) groups is 1. The van der Waals surface area contributed by atoms with Crippen LogP contribution >= 0.6 is 0 Å². The highest BCUT2D eigenvalue weighted by Crippen LogP contribution is 2.48. The predicted molar refractivity (Wildman–Crippen MR) is 173 cm³/mol. The molecule has 2 saturated heterocycles. The molecule has 3 heterocycles. The third kappa shape index (κ3) is 6.89. The topological polar surface area (TPSA) is 100 Å². The van der Waals surface area contributed by atoms with E-state index in [0.29, 0.717) is 30.4 Å². The Bertz CT molecular complexity index is 1370. The molecule has 2 aliphatic heterocycles. The van der Waals surface area contributed by atoms with E-state index in [2.05, 4.69) is 21.9 Å². The highest BCUT2D eigenvalue weighted by molar-refractivity contribution is 6.00. The van der Waals surface area contributed by atoms with Gasteiger partial charge in [-0.25, -0.2) is 4.98 Å². The van der Waals surface area contributed by atoms with E-state index in [4.69, 9.17) is 9.82 Å². The largest absolute Gasteiger partial charge is 0.481 e. The van der Waals surface area contributed by atoms with Crippen molar-refractivity contribution in [2.45, 2.75) is 115 Å². The second-order valence-electron chi connectivity index (χ2n) is 14.5. The van der Waals surface area contributed by atoms with Crippen LogP contribution < -0.4 is 5.56 Å². The number of aromatic nitrogens is 2. The van der Waals surface area contributed by atoms with Crippen LogP contribution in [0.15, 0.2) is 34.2 Å². The fourth-order valence-corrected chi connectivity index (χ4v) is 9.29. The van der Waals surface area contributed by atoms with Crippen LogP contribution in [0.2, 0.25) is 0 Å². The number of rotatable bonds is 11. The van der Waals surface area contributed by atoms with Gasteiger partial charge in [-0.1, -0.05) is 30.6 Å². The highest BCUT2D eigenvalue weighted by Gasteiger charge is 2.46. The molecule has 0 radical (unpaired) electrons. The Morgan fingerprint density at radius 3 is 2.36 bits per heavy atom. The minimum atomic E-state index is -0.937. The number of nitrogens with zero attached hydrogens (tertiary/aromatic N) is 5. The predicted octanol–water partition coefficient (Wildman–Crippen LogP) is 5.71. The Hall–Kier alpha value is -2.78. The van der Waals surface area contributed by atoms with Gasteiger partial charge in [0.1, 0.15) is 12.3 Å². The Labute approximate surface area is 261 Å². The van der Waals surface area contributed by atoms with Crippen molar-refractivity contribution in [1.29, 1.82) is 0 Å². The van der Waals surface area contributed by atoms with E-state index in [1.165, 1.54) is 51.4 Å². The van der Waals surface area contributed by atoms with Crippen LogP contribution in [0, 0.1) is 17.8 Å². The van der Waals surface area contributed by atoms with E-state index in [-0.39, 0.29) is 30.1 Å². The van der Waals surface area contributed by atoms with Crippen LogP contribution in [0.3, 0.4) is 0 Å². The van der Waals surface area contributed by atoms with E-state index in [0.717, 1.165) is 54.6 Å². The molecule has 1 N–H and O–H groups in total. The smallest absolute Gasteiger partial charge is 0.303 e. The van der Waals surface area contributed by atoms with Crippen molar-refractivity contribution in [2.24, 2.45) is 22.9 Å². The maximum atomic E-state index is 14.4. The van der Waals surface area contributed by atoms with Gasteiger partial charge in [0.2, 0.25) is 0 Å². The van der Waals surface area contributed by atoms with Gasteiger partial charge in [0.05, 0.1) is 17.5 Å².